The minimum atomic E-state index is 0.0170. The largest absolute Gasteiger partial charge is 0.367 e. The van der Waals surface area contributed by atoms with Crippen LogP contribution in [-0.4, -0.2) is 23.5 Å². The summed E-state index contributed by atoms with van der Waals surface area (Å²) < 4.78 is 0. The second-order valence-corrected chi connectivity index (χ2v) is 5.89. The van der Waals surface area contributed by atoms with Gasteiger partial charge in [-0.15, -0.1) is 0 Å². The number of rotatable bonds is 3. The molecule has 0 bridgehead atoms. The molecule has 22 heavy (non-hydrogen) atoms. The molecule has 0 spiro atoms. The van der Waals surface area contributed by atoms with Crippen molar-refractivity contribution in [2.24, 2.45) is 0 Å². The molecule has 0 saturated heterocycles. The fraction of sp³-hybridized carbons (Fsp3) is 0.333. The third kappa shape index (κ3) is 2.82. The van der Waals surface area contributed by atoms with E-state index in [2.05, 4.69) is 16.4 Å². The van der Waals surface area contributed by atoms with Gasteiger partial charge in [-0.3, -0.25) is 4.79 Å². The smallest absolute Gasteiger partial charge is 0.262 e. The fourth-order valence-corrected chi connectivity index (χ4v) is 2.86. The molecular weight excluding hydrogens is 274 g/mol. The van der Waals surface area contributed by atoms with Crippen molar-refractivity contribution in [2.75, 3.05) is 16.8 Å². The van der Waals surface area contributed by atoms with Crippen molar-refractivity contribution in [3.8, 4) is 0 Å². The number of nitrogens with zero attached hydrogens (tertiary/aromatic N) is 2. The molecule has 0 unspecified atom stereocenters. The summed E-state index contributed by atoms with van der Waals surface area (Å²) in [7, 11) is 0. The van der Waals surface area contributed by atoms with E-state index in [1.165, 1.54) is 5.56 Å². The first-order chi connectivity index (χ1) is 10.7. The lowest BCUT2D eigenvalue weighted by Crippen LogP contribution is -2.36. The molecule has 1 aromatic heterocycles. The molecule has 1 aliphatic rings. The summed E-state index contributed by atoms with van der Waals surface area (Å²) in [5.41, 5.74) is 2.90. The lowest BCUT2D eigenvalue weighted by molar-refractivity contribution is 0.0985. The number of benzene rings is 1. The Morgan fingerprint density at radius 1 is 1.23 bits per heavy atom. The predicted octanol–water partition coefficient (Wildman–Crippen LogP) is 3.49. The zero-order valence-electron chi connectivity index (χ0n) is 13.0. The van der Waals surface area contributed by atoms with Gasteiger partial charge in [-0.1, -0.05) is 18.2 Å². The van der Waals surface area contributed by atoms with Crippen LogP contribution < -0.4 is 10.2 Å². The average Bonchev–Trinajstić information content (AvgIpc) is 2.54. The molecule has 0 radical (unpaired) electrons. The summed E-state index contributed by atoms with van der Waals surface area (Å²) in [4.78, 5) is 19.2. The van der Waals surface area contributed by atoms with Gasteiger partial charge in [0.1, 0.15) is 5.82 Å². The van der Waals surface area contributed by atoms with Crippen LogP contribution in [0.2, 0.25) is 0 Å². The molecule has 0 aliphatic carbocycles. The Kier molecular flexibility index (Phi) is 4.09. The second kappa shape index (κ2) is 6.18. The van der Waals surface area contributed by atoms with E-state index in [0.29, 0.717) is 11.4 Å². The summed E-state index contributed by atoms with van der Waals surface area (Å²) in [6.45, 7) is 4.84. The number of hydrogen-bond acceptors (Lipinski definition) is 3. The van der Waals surface area contributed by atoms with Crippen LogP contribution in [0.1, 0.15) is 36.2 Å². The van der Waals surface area contributed by atoms with E-state index in [0.717, 1.165) is 25.1 Å². The number of anilines is 2. The van der Waals surface area contributed by atoms with Crippen molar-refractivity contribution in [1.82, 2.24) is 4.98 Å². The molecule has 1 aliphatic heterocycles. The van der Waals surface area contributed by atoms with Gasteiger partial charge in [0.2, 0.25) is 0 Å². The highest BCUT2D eigenvalue weighted by molar-refractivity contribution is 6.09. The Hall–Kier alpha value is -2.36. The molecular formula is C18H21N3O. The number of aryl methyl sites for hydroxylation is 1. The maximum atomic E-state index is 13.0. The number of fused-ring (bicyclic) bond motifs is 1. The Morgan fingerprint density at radius 2 is 2.05 bits per heavy atom. The van der Waals surface area contributed by atoms with Crippen LogP contribution >= 0.6 is 0 Å². The van der Waals surface area contributed by atoms with Gasteiger partial charge in [-0.05, 0) is 50.5 Å². The van der Waals surface area contributed by atoms with Crippen LogP contribution in [0.25, 0.3) is 0 Å². The van der Waals surface area contributed by atoms with Gasteiger partial charge in [0.05, 0.1) is 5.56 Å². The zero-order valence-corrected chi connectivity index (χ0v) is 13.0. The van der Waals surface area contributed by atoms with E-state index < -0.39 is 0 Å². The molecule has 1 amide bonds. The van der Waals surface area contributed by atoms with E-state index >= 15 is 0 Å². The lowest BCUT2D eigenvalue weighted by atomic mass is 10.0. The standard InChI is InChI=1S/C18H21N3O/c1-13(2)20-17-15(9-5-11-19-17)18(22)21-12-6-8-14-7-3-4-10-16(14)21/h3-5,7,9-11,13H,6,8,12H2,1-2H3,(H,19,20). The third-order valence-electron chi connectivity index (χ3n) is 3.82. The number of nitrogens with one attached hydrogen (secondary N) is 1. The monoisotopic (exact) mass is 295 g/mol. The molecule has 2 aromatic rings. The molecule has 3 rings (SSSR count). The van der Waals surface area contributed by atoms with Gasteiger partial charge in [0.25, 0.3) is 5.91 Å². The van der Waals surface area contributed by atoms with Gasteiger partial charge < -0.3 is 10.2 Å². The van der Waals surface area contributed by atoms with Crippen LogP contribution in [0.3, 0.4) is 0 Å². The van der Waals surface area contributed by atoms with Gasteiger partial charge >= 0.3 is 0 Å². The van der Waals surface area contributed by atoms with Gasteiger partial charge in [0, 0.05) is 24.5 Å². The quantitative estimate of drug-likeness (QED) is 0.942. The van der Waals surface area contributed by atoms with E-state index in [9.17, 15) is 4.79 Å². The van der Waals surface area contributed by atoms with E-state index in [-0.39, 0.29) is 11.9 Å². The average molecular weight is 295 g/mol. The fourth-order valence-electron chi connectivity index (χ4n) is 2.86. The van der Waals surface area contributed by atoms with Crippen LogP contribution in [0, 0.1) is 0 Å². The Labute approximate surface area is 131 Å². The van der Waals surface area contributed by atoms with Crippen molar-refractivity contribution in [2.45, 2.75) is 32.7 Å². The van der Waals surface area contributed by atoms with Gasteiger partial charge in [-0.25, -0.2) is 4.98 Å². The van der Waals surface area contributed by atoms with Crippen molar-refractivity contribution in [3.05, 3.63) is 53.7 Å². The second-order valence-electron chi connectivity index (χ2n) is 5.89. The van der Waals surface area contributed by atoms with Crippen LogP contribution in [-0.2, 0) is 6.42 Å². The zero-order chi connectivity index (χ0) is 15.5. The Balaban J connectivity index is 1.96. The first kappa shape index (κ1) is 14.6. The SMILES string of the molecule is CC(C)Nc1ncccc1C(=O)N1CCCc2ccccc21. The molecule has 2 heterocycles. The molecule has 0 atom stereocenters. The Morgan fingerprint density at radius 3 is 2.86 bits per heavy atom. The molecule has 0 fully saturated rings. The molecule has 1 aromatic carbocycles. The lowest BCUT2D eigenvalue weighted by Gasteiger charge is -2.30. The summed E-state index contributed by atoms with van der Waals surface area (Å²) in [6, 6.07) is 12.0. The normalized spacial score (nSPS) is 13.9. The summed E-state index contributed by atoms with van der Waals surface area (Å²) >= 11 is 0. The van der Waals surface area contributed by atoms with E-state index in [4.69, 9.17) is 0 Å². The number of aromatic nitrogens is 1. The van der Waals surface area contributed by atoms with Crippen LogP contribution in [0.4, 0.5) is 11.5 Å². The molecule has 4 nitrogen and oxygen atoms in total. The predicted molar refractivity (Wildman–Crippen MR) is 89.4 cm³/mol. The molecule has 114 valence electrons. The van der Waals surface area contributed by atoms with Crippen molar-refractivity contribution >= 4 is 17.4 Å². The van der Waals surface area contributed by atoms with E-state index in [1.54, 1.807) is 6.20 Å². The molecule has 1 N–H and O–H groups in total. The number of amides is 1. The van der Waals surface area contributed by atoms with Crippen LogP contribution in [0.15, 0.2) is 42.6 Å². The van der Waals surface area contributed by atoms with Crippen molar-refractivity contribution < 1.29 is 4.79 Å². The van der Waals surface area contributed by atoms with Crippen LogP contribution in [0.5, 0.6) is 0 Å². The summed E-state index contributed by atoms with van der Waals surface area (Å²) in [5, 5.41) is 3.26. The molecule has 4 heteroatoms. The summed E-state index contributed by atoms with van der Waals surface area (Å²) in [6.07, 6.45) is 3.74. The van der Waals surface area contributed by atoms with Gasteiger partial charge in [-0.2, -0.15) is 0 Å². The minimum Gasteiger partial charge on any atom is -0.367 e. The topological polar surface area (TPSA) is 45.2 Å². The number of carbonyl (C=O) groups excluding carboxylic acids is 1. The number of pyridine rings is 1. The first-order valence-electron chi connectivity index (χ1n) is 7.78. The highest BCUT2D eigenvalue weighted by Crippen LogP contribution is 2.29. The maximum absolute atomic E-state index is 13.0. The number of para-hydroxylation sites is 1. The highest BCUT2D eigenvalue weighted by atomic mass is 16.2. The summed E-state index contributed by atoms with van der Waals surface area (Å²) in [5.74, 6) is 0.675. The number of carbonyl (C=O) groups is 1. The van der Waals surface area contributed by atoms with Gasteiger partial charge in [0.15, 0.2) is 0 Å². The van der Waals surface area contributed by atoms with Crippen molar-refractivity contribution in [3.63, 3.8) is 0 Å². The third-order valence-corrected chi connectivity index (χ3v) is 3.82. The first-order valence-corrected chi connectivity index (χ1v) is 7.78. The molecule has 0 saturated carbocycles. The van der Waals surface area contributed by atoms with E-state index in [1.807, 2.05) is 49.1 Å². The highest BCUT2D eigenvalue weighted by Gasteiger charge is 2.25. The number of hydrogen-bond donors (Lipinski definition) is 1. The minimum absolute atomic E-state index is 0.0170. The Bertz CT molecular complexity index is 682. The van der Waals surface area contributed by atoms with Crippen molar-refractivity contribution in [1.29, 1.82) is 0 Å². The maximum Gasteiger partial charge on any atom is 0.262 e.